The van der Waals surface area contributed by atoms with Gasteiger partial charge < -0.3 is 58.1 Å². The summed E-state index contributed by atoms with van der Waals surface area (Å²) in [7, 11) is 3.60. The number of rotatable bonds is 7. The highest BCUT2D eigenvalue weighted by atomic mass is 33.1. The van der Waals surface area contributed by atoms with E-state index in [1.165, 1.54) is 5.57 Å². The van der Waals surface area contributed by atoms with Crippen LogP contribution in [0.15, 0.2) is 130 Å². The number of guanidine groups is 1. The van der Waals surface area contributed by atoms with E-state index in [2.05, 4.69) is 58.4 Å². The van der Waals surface area contributed by atoms with Gasteiger partial charge in [-0.15, -0.1) is 0 Å². The van der Waals surface area contributed by atoms with E-state index in [1.54, 1.807) is 35.1 Å². The van der Waals surface area contributed by atoms with E-state index in [4.69, 9.17) is 21.9 Å². The van der Waals surface area contributed by atoms with Gasteiger partial charge in [-0.05, 0) is 159 Å². The first-order valence-electron chi connectivity index (χ1n) is 30.0. The van der Waals surface area contributed by atoms with Crippen LogP contribution >= 0.6 is 21.6 Å². The summed E-state index contributed by atoms with van der Waals surface area (Å²) in [6.45, 7) is 11.3. The Labute approximate surface area is 504 Å². The van der Waals surface area contributed by atoms with E-state index >= 15 is 4.79 Å². The number of aliphatic hydroxyl groups excluding tert-OH is 3. The van der Waals surface area contributed by atoms with E-state index in [0.29, 0.717) is 85.8 Å². The first-order valence-corrected chi connectivity index (χ1v) is 32.5. The van der Waals surface area contributed by atoms with Crippen LogP contribution in [0.25, 0.3) is 0 Å². The van der Waals surface area contributed by atoms with Gasteiger partial charge in [0.25, 0.3) is 0 Å². The van der Waals surface area contributed by atoms with Crippen LogP contribution in [0.1, 0.15) is 130 Å². The number of fused-ring (bicyclic) bond motifs is 7. The van der Waals surface area contributed by atoms with Crippen molar-refractivity contribution in [2.75, 3.05) is 37.7 Å². The highest BCUT2D eigenvalue weighted by molar-refractivity contribution is 8.76. The Balaban J connectivity index is 1.11. The number of phenols is 1. The lowest BCUT2D eigenvalue weighted by atomic mass is 9.52. The van der Waals surface area contributed by atoms with Crippen LogP contribution in [0.2, 0.25) is 0 Å². The van der Waals surface area contributed by atoms with Gasteiger partial charge in [0.15, 0.2) is 11.7 Å². The highest BCUT2D eigenvalue weighted by Crippen LogP contribution is 2.63. The second kappa shape index (κ2) is 28.3. The fourth-order valence-electron chi connectivity index (χ4n) is 14.3. The van der Waals surface area contributed by atoms with Gasteiger partial charge in [0.05, 0.1) is 30.5 Å². The van der Waals surface area contributed by atoms with Crippen molar-refractivity contribution in [2.24, 2.45) is 45.4 Å². The number of β-amino-alcohol motifs (C(OH)–C–C–N with tert-alkyl or cyclic N) is 1. The average Bonchev–Trinajstić information content (AvgIpc) is 1.49. The topological polar surface area (TPSA) is 271 Å². The zero-order valence-electron chi connectivity index (χ0n) is 48.9. The van der Waals surface area contributed by atoms with Crippen LogP contribution in [-0.2, 0) is 33.6 Å². The second-order valence-electron chi connectivity index (χ2n) is 24.1. The van der Waals surface area contributed by atoms with Gasteiger partial charge in [0.1, 0.15) is 24.1 Å². The normalized spacial score (nSPS) is 31.6. The minimum absolute atomic E-state index is 0.0248. The van der Waals surface area contributed by atoms with E-state index in [1.807, 2.05) is 79.3 Å². The molecule has 4 aliphatic heterocycles. The van der Waals surface area contributed by atoms with Crippen LogP contribution < -0.4 is 33.2 Å². The SMILES string of the molecule is C=C1C=CC=C(C2CCC3(C4CCC(O)Cc5cccc(c5)CC(C(CN=C(N)N)c5ccc(O)cc5)C(O)CNC5C(=O)NC(N)c6cccc(c65)CC(=O)C(C)=C4CCC3(C)O)C2O)COC2C#CCC(=CCC1NCC)CCSSC2. The molecule has 2 fully saturated rings. The van der Waals surface area contributed by atoms with Crippen LogP contribution in [-0.4, -0.2) is 117 Å². The number of aromatic hydroxyl groups is 1. The third-order valence-corrected chi connectivity index (χ3v) is 21.3. The molecule has 9 rings (SSSR count). The third-order valence-electron chi connectivity index (χ3n) is 18.9. The first kappa shape index (κ1) is 63.0. The van der Waals surface area contributed by atoms with Crippen LogP contribution in [0.3, 0.4) is 0 Å². The molecule has 0 saturated heterocycles. The highest BCUT2D eigenvalue weighted by Gasteiger charge is 2.64. The molecule has 13 atom stereocenters. The Kier molecular flexibility index (Phi) is 21.3. The van der Waals surface area contributed by atoms with E-state index < -0.39 is 71.1 Å². The number of hydrogen-bond acceptors (Lipinski definition) is 14. The van der Waals surface area contributed by atoms with Gasteiger partial charge in [0.2, 0.25) is 5.91 Å². The zero-order chi connectivity index (χ0) is 59.7. The molecule has 3 aromatic rings. The molecule has 15 nitrogen and oxygen atoms in total. The molecule has 4 bridgehead atoms. The standard InChI is InChI=1S/C67H87N7O8S2/c1-5-71-57-25-18-42-11-8-16-50(39-84-83-31-28-42)82-38-47(15-6-10-40(57)2)52-27-30-67(62(52)79)56-24-23-49(76)33-43-12-7-13-44(32-43)34-54(55(36-73-65(69)70)45-19-21-48(75)22-20-45)59(78)37-72-61-60-46(14-9-17-53(60)63(68)74-64(61)80)35-58(77)41(3)51(56)26-29-66(67,4)81/h6-7,9-10,12-15,17-22,32,49-50,52,54-57,59,61-63,71-72,75-76,78-79,81H,2,5,11,23-31,33-39,68H2,1,3-4H3,(H,74,80)(H4,69,70,73). The zero-order valence-corrected chi connectivity index (χ0v) is 50.5. The number of nitrogens with two attached hydrogens (primary N) is 3. The first-order chi connectivity index (χ1) is 40.4. The third kappa shape index (κ3) is 14.5. The Morgan fingerprint density at radius 3 is 2.55 bits per heavy atom. The van der Waals surface area contributed by atoms with Gasteiger partial charge >= 0.3 is 0 Å². The largest absolute Gasteiger partial charge is 0.508 e. The monoisotopic (exact) mass is 1180 g/mol. The molecule has 0 aromatic heterocycles. The molecule has 84 heavy (non-hydrogen) atoms. The maximum absolute atomic E-state index is 15.3. The fourth-order valence-corrected chi connectivity index (χ4v) is 16.5. The lowest BCUT2D eigenvalue weighted by molar-refractivity contribution is -0.168. The number of carbonyl (C=O) groups excluding carboxylic acids is 2. The lowest BCUT2D eigenvalue weighted by Gasteiger charge is -2.56. The number of amides is 1. The average molecular weight is 1180 g/mol. The summed E-state index contributed by atoms with van der Waals surface area (Å²) < 4.78 is 6.74. The summed E-state index contributed by atoms with van der Waals surface area (Å²) in [4.78, 5) is 34.0. The maximum Gasteiger partial charge on any atom is 0.243 e. The molecule has 13 unspecified atom stereocenters. The molecule has 450 valence electrons. The summed E-state index contributed by atoms with van der Waals surface area (Å²) in [6, 6.07) is 19.2. The minimum atomic E-state index is -1.38. The van der Waals surface area contributed by atoms with Crippen molar-refractivity contribution < 1.29 is 39.9 Å². The number of ether oxygens (including phenoxy) is 1. The number of nitrogens with zero attached hydrogens (tertiary/aromatic N) is 1. The summed E-state index contributed by atoms with van der Waals surface area (Å²) in [6.07, 6.45) is 9.60. The molecule has 17 heteroatoms. The Morgan fingerprint density at radius 2 is 1.77 bits per heavy atom. The van der Waals surface area contributed by atoms with Gasteiger partial charge in [-0.25, -0.2) is 0 Å². The lowest BCUT2D eigenvalue weighted by Crippen LogP contribution is -2.59. The van der Waals surface area contributed by atoms with Gasteiger partial charge in [0, 0.05) is 60.7 Å². The number of allylic oxidation sites excluding steroid dienone is 5. The summed E-state index contributed by atoms with van der Waals surface area (Å²) in [5.41, 5.74) is 24.9. The number of benzene rings is 3. The Hall–Kier alpha value is -5.49. The Bertz CT molecular complexity index is 3090. The number of Topliss-reactive ketones (excluding diaryl/α,β-unsaturated/α-hetero) is 1. The summed E-state index contributed by atoms with van der Waals surface area (Å²) in [5, 5.41) is 71.5. The predicted octanol–water partition coefficient (Wildman–Crippen LogP) is 7.34. The van der Waals surface area contributed by atoms with Crippen LogP contribution in [0.4, 0.5) is 0 Å². The van der Waals surface area contributed by atoms with Crippen molar-refractivity contribution in [2.45, 2.75) is 152 Å². The molecule has 6 aliphatic rings. The predicted molar refractivity (Wildman–Crippen MR) is 336 cm³/mol. The number of likely N-dealkylation sites (N-methyl/N-ethyl adjacent to an activating group) is 1. The van der Waals surface area contributed by atoms with Crippen molar-refractivity contribution in [3.05, 3.63) is 159 Å². The van der Waals surface area contributed by atoms with Gasteiger partial charge in [-0.1, -0.05) is 137 Å². The van der Waals surface area contributed by atoms with Gasteiger partial charge in [-0.3, -0.25) is 19.9 Å². The smallest absolute Gasteiger partial charge is 0.243 e. The summed E-state index contributed by atoms with van der Waals surface area (Å²) in [5.74, 6) is 5.97. The van der Waals surface area contributed by atoms with Gasteiger partial charge in [-0.2, -0.15) is 0 Å². The van der Waals surface area contributed by atoms with Crippen LogP contribution in [0, 0.1) is 35.0 Å². The van der Waals surface area contributed by atoms with Crippen molar-refractivity contribution in [1.82, 2.24) is 16.0 Å². The van der Waals surface area contributed by atoms with Crippen molar-refractivity contribution in [1.29, 1.82) is 0 Å². The molecular weight excluding hydrogens is 1090 g/mol. The molecule has 1 spiro atoms. The molecular formula is C67H87N7O8S2. The van der Waals surface area contributed by atoms with E-state index in [-0.39, 0.29) is 55.8 Å². The Morgan fingerprint density at radius 1 is 1.00 bits per heavy atom. The number of carbonyl (C=O) groups is 2. The summed E-state index contributed by atoms with van der Waals surface area (Å²) >= 11 is 0. The molecule has 2 saturated carbocycles. The number of ketones is 1. The second-order valence-corrected chi connectivity index (χ2v) is 26.8. The molecule has 4 heterocycles. The molecule has 14 N–H and O–H groups in total. The molecule has 2 aliphatic carbocycles. The van der Waals surface area contributed by atoms with Crippen molar-refractivity contribution in [3.63, 3.8) is 0 Å². The fraction of sp³-hybridized carbons (Fsp3) is 0.507. The number of hydrogen-bond donors (Lipinski definition) is 11. The van der Waals surface area contributed by atoms with E-state index in [9.17, 15) is 30.3 Å². The maximum atomic E-state index is 15.3. The van der Waals surface area contributed by atoms with Crippen molar-refractivity contribution >= 4 is 39.2 Å². The minimum Gasteiger partial charge on any atom is -0.508 e. The molecule has 1 amide bonds. The molecule has 0 radical (unpaired) electrons. The van der Waals surface area contributed by atoms with E-state index in [0.717, 1.165) is 58.5 Å². The number of nitrogens with one attached hydrogen (secondary N) is 3. The number of phenolic OH excluding ortho intramolecular Hbond substituents is 1. The molecule has 3 aromatic carbocycles. The van der Waals surface area contributed by atoms with Crippen LogP contribution in [0.5, 0.6) is 5.75 Å². The number of aliphatic imine (C=N–C) groups is 1. The van der Waals surface area contributed by atoms with Crippen molar-refractivity contribution in [3.8, 4) is 17.6 Å². The number of aliphatic hydroxyl groups is 4. The quantitative estimate of drug-likeness (QED) is 0.0363.